The van der Waals surface area contributed by atoms with Gasteiger partial charge in [0.15, 0.2) is 0 Å². The van der Waals surface area contributed by atoms with Crippen LogP contribution in [0.25, 0.3) is 0 Å². The molecule has 0 aromatic heterocycles. The summed E-state index contributed by atoms with van der Waals surface area (Å²) in [5.74, 6) is 2.17. The number of ether oxygens (including phenoxy) is 2. The van der Waals surface area contributed by atoms with E-state index in [4.69, 9.17) is 21.1 Å². The van der Waals surface area contributed by atoms with Gasteiger partial charge in [0.1, 0.15) is 17.2 Å². The molecule has 4 heteroatoms. The number of halogens is 2. The first-order valence-corrected chi connectivity index (χ1v) is 6.72. The van der Waals surface area contributed by atoms with E-state index in [2.05, 4.69) is 15.9 Å². The number of hydrogen-bond donors (Lipinski definition) is 0. The van der Waals surface area contributed by atoms with Crippen molar-refractivity contribution in [2.24, 2.45) is 0 Å². The van der Waals surface area contributed by atoms with Gasteiger partial charge in [0.05, 0.1) is 11.6 Å². The van der Waals surface area contributed by atoms with Crippen LogP contribution in [0.3, 0.4) is 0 Å². The molecule has 0 atom stereocenters. The van der Waals surface area contributed by atoms with Gasteiger partial charge in [-0.05, 0) is 49.4 Å². The van der Waals surface area contributed by atoms with Crippen molar-refractivity contribution >= 4 is 27.5 Å². The molecule has 0 unspecified atom stereocenters. The fourth-order valence-corrected chi connectivity index (χ4v) is 1.95. The standard InChI is InChI=1S/C14H12BrClO2/c1-2-17-11-4-6-12(7-5-11)18-14-9-10(15)3-8-13(14)16/h3-9H,2H2,1H3. The maximum absolute atomic E-state index is 6.06. The predicted octanol–water partition coefficient (Wildman–Crippen LogP) is 5.29. The van der Waals surface area contributed by atoms with Crippen LogP contribution in [-0.2, 0) is 0 Å². The Bertz CT molecular complexity index is 526. The van der Waals surface area contributed by atoms with Gasteiger partial charge in [0.25, 0.3) is 0 Å². The Morgan fingerprint density at radius 1 is 1.06 bits per heavy atom. The minimum Gasteiger partial charge on any atom is -0.494 e. The lowest BCUT2D eigenvalue weighted by Crippen LogP contribution is -1.91. The van der Waals surface area contributed by atoms with E-state index in [-0.39, 0.29) is 0 Å². The first kappa shape index (κ1) is 13.2. The molecule has 0 N–H and O–H groups in total. The monoisotopic (exact) mass is 326 g/mol. The Morgan fingerprint density at radius 2 is 1.72 bits per heavy atom. The Kier molecular flexibility index (Phi) is 4.50. The average molecular weight is 328 g/mol. The fourth-order valence-electron chi connectivity index (χ4n) is 1.45. The summed E-state index contributed by atoms with van der Waals surface area (Å²) < 4.78 is 12.0. The van der Waals surface area contributed by atoms with Crippen molar-refractivity contribution in [3.05, 3.63) is 52.0 Å². The third-order valence-corrected chi connectivity index (χ3v) is 3.06. The third kappa shape index (κ3) is 3.40. The largest absolute Gasteiger partial charge is 0.494 e. The summed E-state index contributed by atoms with van der Waals surface area (Å²) in [6, 6.07) is 12.9. The SMILES string of the molecule is CCOc1ccc(Oc2cc(Br)ccc2Cl)cc1. The highest BCUT2D eigenvalue weighted by molar-refractivity contribution is 9.10. The Labute approximate surface area is 120 Å². The lowest BCUT2D eigenvalue weighted by atomic mass is 10.3. The molecule has 0 radical (unpaired) electrons. The molecule has 0 fully saturated rings. The smallest absolute Gasteiger partial charge is 0.147 e. The molecule has 18 heavy (non-hydrogen) atoms. The molecular formula is C14H12BrClO2. The van der Waals surface area contributed by atoms with Gasteiger partial charge in [0, 0.05) is 4.47 Å². The Balaban J connectivity index is 2.15. The summed E-state index contributed by atoms with van der Waals surface area (Å²) in [6.45, 7) is 2.60. The van der Waals surface area contributed by atoms with Gasteiger partial charge in [-0.2, -0.15) is 0 Å². The molecule has 0 aliphatic heterocycles. The summed E-state index contributed by atoms with van der Waals surface area (Å²) >= 11 is 9.44. The highest BCUT2D eigenvalue weighted by Crippen LogP contribution is 2.32. The second-order valence-corrected chi connectivity index (χ2v) is 4.90. The van der Waals surface area contributed by atoms with Crippen molar-refractivity contribution in [2.45, 2.75) is 6.92 Å². The van der Waals surface area contributed by atoms with Gasteiger partial charge < -0.3 is 9.47 Å². The molecule has 0 aliphatic carbocycles. The van der Waals surface area contributed by atoms with Crippen molar-refractivity contribution < 1.29 is 9.47 Å². The van der Waals surface area contributed by atoms with Gasteiger partial charge in [-0.25, -0.2) is 0 Å². The third-order valence-electron chi connectivity index (χ3n) is 2.26. The van der Waals surface area contributed by atoms with E-state index >= 15 is 0 Å². The van der Waals surface area contributed by atoms with Crippen molar-refractivity contribution in [1.29, 1.82) is 0 Å². The van der Waals surface area contributed by atoms with Crippen LogP contribution in [-0.4, -0.2) is 6.61 Å². The maximum Gasteiger partial charge on any atom is 0.147 e. The molecule has 2 aromatic carbocycles. The quantitative estimate of drug-likeness (QED) is 0.759. The number of rotatable bonds is 4. The lowest BCUT2D eigenvalue weighted by Gasteiger charge is -2.09. The van der Waals surface area contributed by atoms with Crippen LogP contribution in [0.15, 0.2) is 46.9 Å². The zero-order valence-corrected chi connectivity index (χ0v) is 12.2. The molecule has 0 aliphatic rings. The molecule has 2 nitrogen and oxygen atoms in total. The molecule has 0 saturated carbocycles. The lowest BCUT2D eigenvalue weighted by molar-refractivity contribution is 0.339. The fraction of sp³-hybridized carbons (Fsp3) is 0.143. The molecular weight excluding hydrogens is 316 g/mol. The molecule has 0 heterocycles. The van der Waals surface area contributed by atoms with Crippen LogP contribution in [0.1, 0.15) is 6.92 Å². The molecule has 94 valence electrons. The normalized spacial score (nSPS) is 10.2. The first-order valence-electron chi connectivity index (χ1n) is 5.55. The minimum atomic E-state index is 0.576. The zero-order valence-electron chi connectivity index (χ0n) is 9.82. The van der Waals surface area contributed by atoms with Crippen LogP contribution in [0.2, 0.25) is 5.02 Å². The summed E-state index contributed by atoms with van der Waals surface area (Å²) in [4.78, 5) is 0. The van der Waals surface area contributed by atoms with Crippen LogP contribution in [0.5, 0.6) is 17.2 Å². The van der Waals surface area contributed by atoms with E-state index in [0.29, 0.717) is 17.4 Å². The van der Waals surface area contributed by atoms with Crippen LogP contribution in [0, 0.1) is 0 Å². The predicted molar refractivity (Wildman–Crippen MR) is 76.8 cm³/mol. The van der Waals surface area contributed by atoms with Crippen LogP contribution >= 0.6 is 27.5 Å². The number of benzene rings is 2. The van der Waals surface area contributed by atoms with Gasteiger partial charge in [0.2, 0.25) is 0 Å². The highest BCUT2D eigenvalue weighted by atomic mass is 79.9. The molecule has 0 amide bonds. The van der Waals surface area contributed by atoms with Gasteiger partial charge in [-0.1, -0.05) is 27.5 Å². The van der Waals surface area contributed by atoms with Crippen molar-refractivity contribution in [2.75, 3.05) is 6.61 Å². The summed E-state index contributed by atoms with van der Waals surface area (Å²) in [5.41, 5.74) is 0. The molecule has 0 bridgehead atoms. The Hall–Kier alpha value is -1.19. The molecule has 0 saturated heterocycles. The second-order valence-electron chi connectivity index (χ2n) is 3.58. The van der Waals surface area contributed by atoms with E-state index in [1.165, 1.54) is 0 Å². The Morgan fingerprint density at radius 3 is 2.39 bits per heavy atom. The molecule has 2 aromatic rings. The van der Waals surface area contributed by atoms with Crippen molar-refractivity contribution in [1.82, 2.24) is 0 Å². The van der Waals surface area contributed by atoms with Gasteiger partial charge in [-0.15, -0.1) is 0 Å². The highest BCUT2D eigenvalue weighted by Gasteiger charge is 2.04. The minimum absolute atomic E-state index is 0.576. The van der Waals surface area contributed by atoms with Crippen molar-refractivity contribution in [3.8, 4) is 17.2 Å². The topological polar surface area (TPSA) is 18.5 Å². The van der Waals surface area contributed by atoms with E-state index in [1.807, 2.05) is 43.3 Å². The van der Waals surface area contributed by atoms with Crippen LogP contribution in [0.4, 0.5) is 0 Å². The van der Waals surface area contributed by atoms with Crippen molar-refractivity contribution in [3.63, 3.8) is 0 Å². The van der Waals surface area contributed by atoms with E-state index in [9.17, 15) is 0 Å². The average Bonchev–Trinajstić information content (AvgIpc) is 2.37. The van der Waals surface area contributed by atoms with E-state index < -0.39 is 0 Å². The summed E-state index contributed by atoms with van der Waals surface area (Å²) in [6.07, 6.45) is 0. The van der Waals surface area contributed by atoms with E-state index in [0.717, 1.165) is 16.0 Å². The zero-order chi connectivity index (χ0) is 13.0. The first-order chi connectivity index (χ1) is 8.69. The molecule has 2 rings (SSSR count). The second kappa shape index (κ2) is 6.12. The van der Waals surface area contributed by atoms with Gasteiger partial charge in [-0.3, -0.25) is 0 Å². The van der Waals surface area contributed by atoms with Gasteiger partial charge >= 0.3 is 0 Å². The maximum atomic E-state index is 6.06. The summed E-state index contributed by atoms with van der Waals surface area (Å²) in [5, 5.41) is 0.576. The number of hydrogen-bond acceptors (Lipinski definition) is 2. The molecule has 0 spiro atoms. The van der Waals surface area contributed by atoms with Crippen LogP contribution < -0.4 is 9.47 Å². The van der Waals surface area contributed by atoms with E-state index in [1.54, 1.807) is 6.07 Å². The summed E-state index contributed by atoms with van der Waals surface area (Å²) in [7, 11) is 0.